The first kappa shape index (κ1) is 30.2. The summed E-state index contributed by atoms with van der Waals surface area (Å²) in [5.74, 6) is 1.72. The lowest BCUT2D eigenvalue weighted by Crippen LogP contribution is -2.39. The molecule has 0 spiro atoms. The number of fused-ring (bicyclic) bond motifs is 1. The molecule has 0 atom stereocenters. The van der Waals surface area contributed by atoms with Gasteiger partial charge in [0.25, 0.3) is 0 Å². The predicted molar refractivity (Wildman–Crippen MR) is 192 cm³/mol. The van der Waals surface area contributed by atoms with Crippen LogP contribution in [0.5, 0.6) is 0 Å². The predicted octanol–water partition coefficient (Wildman–Crippen LogP) is 8.00. The average molecular weight is 641 g/mol. The SMILES string of the molecule is CCCc1nn2nc(C)cc2n1Cc1ccc(-c2ccccc2-c2nnnn2C(c2ccccc2)(c2ccccc2)c2ccccc2)cc1. The van der Waals surface area contributed by atoms with Gasteiger partial charge in [0.1, 0.15) is 11.4 Å². The van der Waals surface area contributed by atoms with Crippen LogP contribution in [-0.2, 0) is 18.5 Å². The van der Waals surface area contributed by atoms with E-state index in [2.05, 4.69) is 149 Å². The molecule has 0 aliphatic rings. The third kappa shape index (κ3) is 5.31. The van der Waals surface area contributed by atoms with Crippen LogP contribution >= 0.6 is 0 Å². The van der Waals surface area contributed by atoms with Gasteiger partial charge in [-0.3, -0.25) is 0 Å². The Labute approximate surface area is 285 Å². The number of hydrogen-bond donors (Lipinski definition) is 0. The zero-order valence-electron chi connectivity index (χ0n) is 27.6. The normalized spacial score (nSPS) is 11.7. The summed E-state index contributed by atoms with van der Waals surface area (Å²) in [6, 6.07) is 50.7. The lowest BCUT2D eigenvalue weighted by molar-refractivity contribution is 0.451. The zero-order chi connectivity index (χ0) is 33.2. The molecule has 0 saturated carbocycles. The fourth-order valence-corrected chi connectivity index (χ4v) is 7.00. The Balaban J connectivity index is 1.24. The summed E-state index contributed by atoms with van der Waals surface area (Å²) in [5, 5.41) is 23.1. The second kappa shape index (κ2) is 12.8. The molecule has 3 aromatic heterocycles. The molecule has 0 aliphatic carbocycles. The van der Waals surface area contributed by atoms with Gasteiger partial charge >= 0.3 is 0 Å². The average Bonchev–Trinajstić information content (AvgIpc) is 3.86. The van der Waals surface area contributed by atoms with E-state index in [1.54, 1.807) is 4.63 Å². The molecule has 8 heteroatoms. The Morgan fingerprint density at radius 3 is 1.80 bits per heavy atom. The van der Waals surface area contributed by atoms with E-state index in [-0.39, 0.29) is 0 Å². The maximum absolute atomic E-state index is 4.77. The van der Waals surface area contributed by atoms with Gasteiger partial charge in [-0.05, 0) is 57.2 Å². The smallest absolute Gasteiger partial charge is 0.184 e. The van der Waals surface area contributed by atoms with Crippen molar-refractivity contribution in [1.82, 2.24) is 39.6 Å². The molecular formula is C41H36N8. The fraction of sp³-hybridized carbons (Fsp3) is 0.146. The summed E-state index contributed by atoms with van der Waals surface area (Å²) >= 11 is 0. The molecule has 0 aliphatic heterocycles. The second-order valence-electron chi connectivity index (χ2n) is 12.4. The van der Waals surface area contributed by atoms with Crippen molar-refractivity contribution >= 4 is 5.65 Å². The topological polar surface area (TPSA) is 78.7 Å². The Hall–Kier alpha value is -6.15. The molecule has 0 fully saturated rings. The van der Waals surface area contributed by atoms with Crippen molar-refractivity contribution in [2.75, 3.05) is 0 Å². The van der Waals surface area contributed by atoms with Crippen molar-refractivity contribution in [2.24, 2.45) is 0 Å². The molecule has 8 rings (SSSR count). The quantitative estimate of drug-likeness (QED) is 0.142. The van der Waals surface area contributed by atoms with Crippen LogP contribution in [0.3, 0.4) is 0 Å². The number of aryl methyl sites for hydroxylation is 2. The molecule has 8 aromatic rings. The summed E-state index contributed by atoms with van der Waals surface area (Å²) in [6.07, 6.45) is 1.92. The standard InChI is InChI=1S/C41H36N8/c1-3-15-38-44-49-39(28-30(2)43-49)47(38)29-31-24-26-32(27-25-31)36-22-13-14-23-37(36)40-42-45-46-48(40)41(33-16-7-4-8-17-33,34-18-9-5-10-19-34)35-20-11-6-12-21-35/h4-14,16-28H,3,15,29H2,1-2H3. The highest BCUT2D eigenvalue weighted by Gasteiger charge is 2.42. The van der Waals surface area contributed by atoms with E-state index in [1.807, 2.05) is 29.8 Å². The first-order valence-corrected chi connectivity index (χ1v) is 16.7. The highest BCUT2D eigenvalue weighted by Crippen LogP contribution is 2.43. The first-order chi connectivity index (χ1) is 24.2. The van der Waals surface area contributed by atoms with Crippen molar-refractivity contribution in [2.45, 2.75) is 38.8 Å². The maximum Gasteiger partial charge on any atom is 0.184 e. The number of benzene rings is 5. The lowest BCUT2D eigenvalue weighted by Gasteiger charge is -2.36. The van der Waals surface area contributed by atoms with E-state index in [0.717, 1.165) is 69.9 Å². The number of tetrazole rings is 1. The molecular weight excluding hydrogens is 605 g/mol. The Morgan fingerprint density at radius 2 is 1.20 bits per heavy atom. The van der Waals surface area contributed by atoms with E-state index in [9.17, 15) is 0 Å². The Kier molecular flexibility index (Phi) is 7.89. The summed E-state index contributed by atoms with van der Waals surface area (Å²) in [4.78, 5) is 0. The van der Waals surface area contributed by atoms with E-state index >= 15 is 0 Å². The van der Waals surface area contributed by atoms with Crippen LogP contribution in [-0.4, -0.2) is 39.6 Å². The molecule has 49 heavy (non-hydrogen) atoms. The van der Waals surface area contributed by atoms with Gasteiger partial charge in [0.2, 0.25) is 0 Å². The van der Waals surface area contributed by atoms with Crippen molar-refractivity contribution in [3.05, 3.63) is 179 Å². The maximum atomic E-state index is 4.77. The van der Waals surface area contributed by atoms with Crippen LogP contribution in [0.15, 0.2) is 146 Å². The number of rotatable bonds is 10. The fourth-order valence-electron chi connectivity index (χ4n) is 7.00. The minimum atomic E-state index is -0.835. The van der Waals surface area contributed by atoms with Crippen molar-refractivity contribution in [1.29, 1.82) is 0 Å². The highest BCUT2D eigenvalue weighted by atomic mass is 15.6. The Morgan fingerprint density at radius 1 is 0.633 bits per heavy atom. The number of nitrogens with zero attached hydrogens (tertiary/aromatic N) is 8. The van der Waals surface area contributed by atoms with Gasteiger partial charge in [-0.1, -0.05) is 146 Å². The van der Waals surface area contributed by atoms with E-state index in [1.165, 1.54) is 5.56 Å². The summed E-state index contributed by atoms with van der Waals surface area (Å²) in [5.41, 5.74) is 8.61. The second-order valence-corrected chi connectivity index (χ2v) is 12.4. The van der Waals surface area contributed by atoms with Gasteiger partial charge in [-0.2, -0.15) is 5.10 Å². The van der Waals surface area contributed by atoms with Crippen LogP contribution in [0, 0.1) is 6.92 Å². The molecule has 3 heterocycles. The molecule has 0 radical (unpaired) electrons. The van der Waals surface area contributed by atoms with Crippen molar-refractivity contribution in [3.63, 3.8) is 0 Å². The monoisotopic (exact) mass is 640 g/mol. The van der Waals surface area contributed by atoms with Crippen LogP contribution in [0.25, 0.3) is 28.2 Å². The highest BCUT2D eigenvalue weighted by molar-refractivity contribution is 5.81. The molecule has 0 amide bonds. The number of hydrogen-bond acceptors (Lipinski definition) is 5. The van der Waals surface area contributed by atoms with Crippen LogP contribution < -0.4 is 0 Å². The third-order valence-electron chi connectivity index (χ3n) is 9.20. The van der Waals surface area contributed by atoms with Gasteiger partial charge < -0.3 is 4.57 Å². The largest absolute Gasteiger partial charge is 0.307 e. The first-order valence-electron chi connectivity index (χ1n) is 16.7. The molecule has 0 bridgehead atoms. The summed E-state index contributed by atoms with van der Waals surface area (Å²) in [7, 11) is 0. The van der Waals surface area contributed by atoms with E-state index in [0.29, 0.717) is 5.82 Å². The van der Waals surface area contributed by atoms with Gasteiger partial charge in [0, 0.05) is 18.1 Å². The van der Waals surface area contributed by atoms with Crippen LogP contribution in [0.4, 0.5) is 0 Å². The third-order valence-corrected chi connectivity index (χ3v) is 9.20. The van der Waals surface area contributed by atoms with Crippen molar-refractivity contribution in [3.8, 4) is 22.5 Å². The van der Waals surface area contributed by atoms with Gasteiger partial charge in [0.15, 0.2) is 11.5 Å². The van der Waals surface area contributed by atoms with Crippen LogP contribution in [0.2, 0.25) is 0 Å². The van der Waals surface area contributed by atoms with Crippen LogP contribution in [0.1, 0.15) is 47.1 Å². The molecule has 5 aromatic carbocycles. The van der Waals surface area contributed by atoms with E-state index in [4.69, 9.17) is 15.4 Å². The zero-order valence-corrected chi connectivity index (χ0v) is 27.6. The summed E-state index contributed by atoms with van der Waals surface area (Å²) in [6.45, 7) is 4.90. The van der Waals surface area contributed by atoms with Gasteiger partial charge in [0.05, 0.1) is 12.2 Å². The van der Waals surface area contributed by atoms with Crippen molar-refractivity contribution < 1.29 is 0 Å². The van der Waals surface area contributed by atoms with E-state index < -0.39 is 5.54 Å². The lowest BCUT2D eigenvalue weighted by atomic mass is 9.77. The molecule has 8 nitrogen and oxygen atoms in total. The molecule has 0 N–H and O–H groups in total. The minimum absolute atomic E-state index is 0.678. The minimum Gasteiger partial charge on any atom is -0.307 e. The molecule has 240 valence electrons. The summed E-state index contributed by atoms with van der Waals surface area (Å²) < 4.78 is 6.03. The van der Waals surface area contributed by atoms with Gasteiger partial charge in [-0.25, -0.2) is 4.68 Å². The molecule has 0 saturated heterocycles. The Bertz CT molecular complexity index is 2220. The molecule has 0 unspecified atom stereocenters. The van der Waals surface area contributed by atoms with Gasteiger partial charge in [-0.15, -0.1) is 14.8 Å². The number of aromatic nitrogens is 8.